The number of benzene rings is 2. The van der Waals surface area contributed by atoms with E-state index in [1.165, 1.54) is 0 Å². The lowest BCUT2D eigenvalue weighted by Crippen LogP contribution is -2.34. The first-order chi connectivity index (χ1) is 12.1. The summed E-state index contributed by atoms with van der Waals surface area (Å²) < 4.78 is 0. The highest BCUT2D eigenvalue weighted by Gasteiger charge is 2.26. The van der Waals surface area contributed by atoms with Gasteiger partial charge in [-0.2, -0.15) is 0 Å². The van der Waals surface area contributed by atoms with Crippen LogP contribution in [0.2, 0.25) is 0 Å². The van der Waals surface area contributed by atoms with E-state index < -0.39 is 12.0 Å². The third kappa shape index (κ3) is 3.73. The monoisotopic (exact) mass is 337 g/mol. The minimum Gasteiger partial charge on any atom is -0.480 e. The molecule has 0 amide bonds. The number of nitrogens with zero attached hydrogens (tertiary/aromatic N) is 1. The van der Waals surface area contributed by atoms with Gasteiger partial charge < -0.3 is 15.0 Å². The molecule has 5 nitrogen and oxygen atoms in total. The topological polar surface area (TPSA) is 68.4 Å². The third-order valence-corrected chi connectivity index (χ3v) is 4.25. The predicted octanol–water partition coefficient (Wildman–Crippen LogP) is 3.11. The predicted molar refractivity (Wildman–Crippen MR) is 101 cm³/mol. The highest BCUT2D eigenvalue weighted by atomic mass is 16.4. The summed E-state index contributed by atoms with van der Waals surface area (Å²) in [5.41, 5.74) is 3.56. The van der Waals surface area contributed by atoms with Gasteiger partial charge in [-0.1, -0.05) is 48.5 Å². The van der Waals surface area contributed by atoms with Crippen molar-refractivity contribution in [2.24, 2.45) is 0 Å². The van der Waals surface area contributed by atoms with Crippen LogP contribution in [0, 0.1) is 0 Å². The molecule has 1 aromatic heterocycles. The summed E-state index contributed by atoms with van der Waals surface area (Å²) in [6.07, 6.45) is 0. The number of hydrogen-bond donors (Lipinski definition) is 3. The summed E-state index contributed by atoms with van der Waals surface area (Å²) in [6, 6.07) is 16.9. The number of likely N-dealkylation sites (N-methyl/N-ethyl adjacent to an activating group) is 1. The third-order valence-electron chi connectivity index (χ3n) is 4.25. The van der Waals surface area contributed by atoms with E-state index in [-0.39, 0.29) is 0 Å². The Morgan fingerprint density at radius 3 is 2.48 bits per heavy atom. The fourth-order valence-electron chi connectivity index (χ4n) is 3.04. The standard InChI is InChI=1S/C20H23N3O2/c1-23(2)13-12-21-19(20(24)25)17-15-10-6-7-11-16(15)22-18(17)14-8-4-3-5-9-14/h3-11,19,21-22H,12-13H2,1-2H3,(H,24,25). The number of rotatable bonds is 7. The van der Waals surface area contributed by atoms with Gasteiger partial charge in [-0.25, -0.2) is 0 Å². The fraction of sp³-hybridized carbons (Fsp3) is 0.250. The maximum absolute atomic E-state index is 12.0. The molecule has 3 rings (SSSR count). The number of carbonyl (C=O) groups is 1. The zero-order chi connectivity index (χ0) is 17.8. The van der Waals surface area contributed by atoms with E-state index in [1.807, 2.05) is 73.6 Å². The number of hydrogen-bond acceptors (Lipinski definition) is 3. The number of aromatic amines is 1. The Hall–Kier alpha value is -2.63. The van der Waals surface area contributed by atoms with Crippen LogP contribution in [0.5, 0.6) is 0 Å². The van der Waals surface area contributed by atoms with Crippen molar-refractivity contribution < 1.29 is 9.90 Å². The molecule has 1 heterocycles. The van der Waals surface area contributed by atoms with Crippen molar-refractivity contribution >= 4 is 16.9 Å². The van der Waals surface area contributed by atoms with Crippen LogP contribution in [-0.4, -0.2) is 48.1 Å². The summed E-state index contributed by atoms with van der Waals surface area (Å²) in [5.74, 6) is -0.874. The smallest absolute Gasteiger partial charge is 0.325 e. The summed E-state index contributed by atoms with van der Waals surface area (Å²) >= 11 is 0. The first kappa shape index (κ1) is 17.2. The lowest BCUT2D eigenvalue weighted by atomic mass is 9.98. The maximum atomic E-state index is 12.0. The van der Waals surface area contributed by atoms with Gasteiger partial charge in [-0.05, 0) is 25.7 Å². The Labute approximate surface area is 147 Å². The van der Waals surface area contributed by atoms with Crippen LogP contribution in [0.25, 0.3) is 22.2 Å². The minimum absolute atomic E-state index is 0.595. The van der Waals surface area contributed by atoms with Crippen molar-refractivity contribution in [3.05, 3.63) is 60.2 Å². The molecule has 5 heteroatoms. The molecule has 0 fully saturated rings. The SMILES string of the molecule is CN(C)CCNC(C(=O)O)c1c(-c2ccccc2)[nH]c2ccccc12. The molecule has 0 aliphatic rings. The van der Waals surface area contributed by atoms with Crippen LogP contribution in [0.15, 0.2) is 54.6 Å². The van der Waals surface area contributed by atoms with Crippen LogP contribution < -0.4 is 5.32 Å². The van der Waals surface area contributed by atoms with Gasteiger partial charge in [-0.15, -0.1) is 0 Å². The lowest BCUT2D eigenvalue weighted by molar-refractivity contribution is -0.139. The van der Waals surface area contributed by atoms with Gasteiger partial charge in [0.05, 0.1) is 5.69 Å². The number of H-pyrrole nitrogens is 1. The average Bonchev–Trinajstić information content (AvgIpc) is 2.98. The van der Waals surface area contributed by atoms with Gasteiger partial charge in [-0.3, -0.25) is 10.1 Å². The number of carboxylic acid groups (broad SMARTS) is 1. The largest absolute Gasteiger partial charge is 0.480 e. The van der Waals surface area contributed by atoms with Gasteiger partial charge in [0.1, 0.15) is 6.04 Å². The summed E-state index contributed by atoms with van der Waals surface area (Å²) in [5, 5.41) is 14.0. The van der Waals surface area contributed by atoms with Crippen LogP contribution in [0.3, 0.4) is 0 Å². The first-order valence-electron chi connectivity index (χ1n) is 8.35. The van der Waals surface area contributed by atoms with Gasteiger partial charge >= 0.3 is 5.97 Å². The second-order valence-corrected chi connectivity index (χ2v) is 6.35. The molecule has 25 heavy (non-hydrogen) atoms. The maximum Gasteiger partial charge on any atom is 0.325 e. The number of aliphatic carboxylic acids is 1. The molecule has 1 unspecified atom stereocenters. The molecule has 3 aromatic rings. The second kappa shape index (κ2) is 7.51. The van der Waals surface area contributed by atoms with E-state index >= 15 is 0 Å². The van der Waals surface area contributed by atoms with Crippen LogP contribution in [-0.2, 0) is 4.79 Å². The van der Waals surface area contributed by atoms with Gasteiger partial charge in [0.2, 0.25) is 0 Å². The molecule has 0 saturated heterocycles. The second-order valence-electron chi connectivity index (χ2n) is 6.35. The van der Waals surface area contributed by atoms with E-state index in [2.05, 4.69) is 10.3 Å². The molecule has 0 aliphatic carbocycles. The van der Waals surface area contributed by atoms with Crippen LogP contribution in [0.1, 0.15) is 11.6 Å². The molecular formula is C20H23N3O2. The summed E-state index contributed by atoms with van der Waals surface area (Å²) in [7, 11) is 3.94. The molecule has 0 radical (unpaired) electrons. The normalized spacial score (nSPS) is 12.6. The molecule has 0 spiro atoms. The molecular weight excluding hydrogens is 314 g/mol. The minimum atomic E-state index is -0.874. The zero-order valence-corrected chi connectivity index (χ0v) is 14.5. The molecule has 0 bridgehead atoms. The van der Waals surface area contributed by atoms with Crippen LogP contribution in [0.4, 0.5) is 0 Å². The van der Waals surface area contributed by atoms with Crippen molar-refractivity contribution in [1.29, 1.82) is 0 Å². The highest BCUT2D eigenvalue weighted by Crippen LogP contribution is 2.34. The quantitative estimate of drug-likeness (QED) is 0.620. The Bertz CT molecular complexity index is 856. The highest BCUT2D eigenvalue weighted by molar-refractivity contribution is 5.95. The Morgan fingerprint density at radius 1 is 1.12 bits per heavy atom. The molecule has 0 saturated carbocycles. The number of para-hydroxylation sites is 1. The van der Waals surface area contributed by atoms with E-state index in [4.69, 9.17) is 0 Å². The lowest BCUT2D eigenvalue weighted by Gasteiger charge is -2.18. The number of carboxylic acids is 1. The van der Waals surface area contributed by atoms with Gasteiger partial charge in [0.25, 0.3) is 0 Å². The van der Waals surface area contributed by atoms with E-state index in [0.717, 1.165) is 34.3 Å². The van der Waals surface area contributed by atoms with E-state index in [9.17, 15) is 9.90 Å². The van der Waals surface area contributed by atoms with Gasteiger partial charge in [0, 0.05) is 29.6 Å². The first-order valence-corrected chi connectivity index (χ1v) is 8.35. The Balaban J connectivity index is 2.09. The number of nitrogens with one attached hydrogen (secondary N) is 2. The summed E-state index contributed by atoms with van der Waals surface area (Å²) in [6.45, 7) is 1.37. The van der Waals surface area contributed by atoms with Crippen molar-refractivity contribution in [3.63, 3.8) is 0 Å². The number of aromatic nitrogens is 1. The van der Waals surface area contributed by atoms with E-state index in [1.54, 1.807) is 0 Å². The molecule has 3 N–H and O–H groups in total. The van der Waals surface area contributed by atoms with Crippen molar-refractivity contribution in [1.82, 2.24) is 15.2 Å². The van der Waals surface area contributed by atoms with Gasteiger partial charge in [0.15, 0.2) is 0 Å². The van der Waals surface area contributed by atoms with Crippen molar-refractivity contribution in [2.45, 2.75) is 6.04 Å². The fourth-order valence-corrected chi connectivity index (χ4v) is 3.04. The van der Waals surface area contributed by atoms with E-state index in [0.29, 0.717) is 6.54 Å². The molecule has 130 valence electrons. The van der Waals surface area contributed by atoms with Crippen molar-refractivity contribution in [3.8, 4) is 11.3 Å². The molecule has 2 aromatic carbocycles. The van der Waals surface area contributed by atoms with Crippen LogP contribution >= 0.6 is 0 Å². The average molecular weight is 337 g/mol. The van der Waals surface area contributed by atoms with Crippen molar-refractivity contribution in [2.75, 3.05) is 27.2 Å². The number of fused-ring (bicyclic) bond motifs is 1. The summed E-state index contributed by atoms with van der Waals surface area (Å²) in [4.78, 5) is 17.4. The molecule has 0 aliphatic heterocycles. The molecule has 1 atom stereocenters. The Kier molecular flexibility index (Phi) is 5.16. The zero-order valence-electron chi connectivity index (χ0n) is 14.5. The Morgan fingerprint density at radius 2 is 1.80 bits per heavy atom.